The quantitative estimate of drug-likeness (QED) is 0.317. The summed E-state index contributed by atoms with van der Waals surface area (Å²) in [4.78, 5) is 39.7. The lowest BCUT2D eigenvalue weighted by Gasteiger charge is -2.32. The number of hydrogen-bond donors (Lipinski definition) is 2. The number of fused-ring (bicyclic) bond motifs is 2. The molecule has 6 aromatic rings. The van der Waals surface area contributed by atoms with Crippen molar-refractivity contribution in [3.63, 3.8) is 0 Å². The Balaban J connectivity index is 1.22. The van der Waals surface area contributed by atoms with E-state index < -0.39 is 0 Å². The van der Waals surface area contributed by atoms with E-state index in [9.17, 15) is 4.79 Å². The Morgan fingerprint density at radius 1 is 1.00 bits per heavy atom. The van der Waals surface area contributed by atoms with Gasteiger partial charge in [-0.1, -0.05) is 24.3 Å². The van der Waals surface area contributed by atoms with E-state index in [2.05, 4.69) is 37.6 Å². The first kappa shape index (κ1) is 24.4. The van der Waals surface area contributed by atoms with Crippen LogP contribution in [0.5, 0.6) is 0 Å². The molecule has 1 amide bonds. The van der Waals surface area contributed by atoms with Gasteiger partial charge in [0.05, 0.1) is 23.3 Å². The van der Waals surface area contributed by atoms with Crippen LogP contribution in [0.3, 0.4) is 0 Å². The van der Waals surface area contributed by atoms with Crippen molar-refractivity contribution in [2.75, 3.05) is 38.5 Å². The Morgan fingerprint density at radius 2 is 1.82 bits per heavy atom. The molecule has 0 aliphatic carbocycles. The maximum absolute atomic E-state index is 13.1. The van der Waals surface area contributed by atoms with Gasteiger partial charge in [0, 0.05) is 42.7 Å². The van der Waals surface area contributed by atoms with Crippen LogP contribution in [0.25, 0.3) is 39.3 Å². The number of para-hydroxylation sites is 2. The van der Waals surface area contributed by atoms with Crippen molar-refractivity contribution < 1.29 is 4.79 Å². The molecule has 40 heavy (non-hydrogen) atoms. The molecule has 2 aromatic carbocycles. The van der Waals surface area contributed by atoms with Crippen molar-refractivity contribution in [1.29, 1.82) is 0 Å². The number of thiophene rings is 1. The standard InChI is InChI=1S/C29H27N9OS/c1-36-11-13-37(14-12-36)29(39)20-8-6-19(7-9-20)26-34-27(30-16-24-32-22-4-2-3-5-23(22)33-24)25-28(35-26)38(18-31-25)21-10-15-40-17-21/h2-10,15,17-18H,11-14,16H2,1H3,(H,32,33)(H,30,34,35). The van der Waals surface area contributed by atoms with E-state index in [0.29, 0.717) is 34.9 Å². The minimum absolute atomic E-state index is 0.0553. The number of piperazine rings is 1. The van der Waals surface area contributed by atoms with Crippen LogP contribution in [-0.2, 0) is 6.54 Å². The molecule has 11 heteroatoms. The number of likely N-dealkylation sites (N-methyl/N-ethyl adjacent to an activating group) is 1. The Bertz CT molecular complexity index is 1770. The number of anilines is 1. The highest BCUT2D eigenvalue weighted by molar-refractivity contribution is 7.08. The van der Waals surface area contributed by atoms with Crippen molar-refractivity contribution in [3.8, 4) is 17.1 Å². The molecule has 0 saturated carbocycles. The van der Waals surface area contributed by atoms with E-state index in [0.717, 1.165) is 54.3 Å². The van der Waals surface area contributed by atoms with Gasteiger partial charge in [0.25, 0.3) is 5.91 Å². The summed E-state index contributed by atoms with van der Waals surface area (Å²) in [6.07, 6.45) is 1.77. The molecule has 1 aliphatic heterocycles. The van der Waals surface area contributed by atoms with Gasteiger partial charge in [0.2, 0.25) is 0 Å². The predicted molar refractivity (Wildman–Crippen MR) is 157 cm³/mol. The lowest BCUT2D eigenvalue weighted by Crippen LogP contribution is -2.47. The van der Waals surface area contributed by atoms with Crippen molar-refractivity contribution in [3.05, 3.63) is 83.1 Å². The first-order valence-corrected chi connectivity index (χ1v) is 14.1. The summed E-state index contributed by atoms with van der Waals surface area (Å²) in [5.74, 6) is 2.03. The number of carbonyl (C=O) groups excluding carboxylic acids is 1. The molecule has 0 spiro atoms. The molecule has 7 rings (SSSR count). The van der Waals surface area contributed by atoms with Crippen LogP contribution in [-0.4, -0.2) is 78.4 Å². The number of rotatable bonds is 6. The summed E-state index contributed by atoms with van der Waals surface area (Å²) >= 11 is 1.62. The third-order valence-electron chi connectivity index (χ3n) is 7.22. The van der Waals surface area contributed by atoms with Crippen molar-refractivity contribution in [2.24, 2.45) is 0 Å². The Morgan fingerprint density at radius 3 is 2.60 bits per heavy atom. The van der Waals surface area contributed by atoms with Crippen LogP contribution < -0.4 is 5.32 Å². The van der Waals surface area contributed by atoms with Crippen molar-refractivity contribution in [1.82, 2.24) is 39.3 Å². The SMILES string of the molecule is CN1CCN(C(=O)c2ccc(-c3nc(NCc4nc5ccccc5[nH]4)c4ncn(-c5ccsc5)c4n3)cc2)CC1. The molecule has 0 atom stereocenters. The largest absolute Gasteiger partial charge is 0.361 e. The van der Waals surface area contributed by atoms with Crippen LogP contribution in [0.2, 0.25) is 0 Å². The summed E-state index contributed by atoms with van der Waals surface area (Å²) in [5.41, 5.74) is 5.76. The molecule has 1 saturated heterocycles. The Hall–Kier alpha value is -4.61. The van der Waals surface area contributed by atoms with E-state index in [1.807, 2.05) is 69.4 Å². The zero-order valence-electron chi connectivity index (χ0n) is 21.9. The van der Waals surface area contributed by atoms with Gasteiger partial charge in [-0.25, -0.2) is 19.9 Å². The fourth-order valence-corrected chi connectivity index (χ4v) is 5.57. The van der Waals surface area contributed by atoms with Gasteiger partial charge in [-0.2, -0.15) is 11.3 Å². The van der Waals surface area contributed by atoms with Gasteiger partial charge in [0.1, 0.15) is 12.2 Å². The fourth-order valence-electron chi connectivity index (χ4n) is 4.95. The van der Waals surface area contributed by atoms with E-state index in [1.165, 1.54) is 0 Å². The lowest BCUT2D eigenvalue weighted by molar-refractivity contribution is 0.0664. The summed E-state index contributed by atoms with van der Waals surface area (Å²) in [6, 6.07) is 17.5. The fraction of sp³-hybridized carbons (Fsp3) is 0.207. The van der Waals surface area contributed by atoms with Gasteiger partial charge in [0.15, 0.2) is 22.8 Å². The molecule has 1 aliphatic rings. The first-order chi connectivity index (χ1) is 19.6. The molecule has 10 nitrogen and oxygen atoms in total. The predicted octanol–water partition coefficient (Wildman–Crippen LogP) is 4.42. The second kappa shape index (κ2) is 10.2. The number of hydrogen-bond acceptors (Lipinski definition) is 8. The molecule has 0 bridgehead atoms. The highest BCUT2D eigenvalue weighted by Crippen LogP contribution is 2.27. The average Bonchev–Trinajstić information content (AvgIpc) is 3.75. The van der Waals surface area contributed by atoms with Crippen molar-refractivity contribution in [2.45, 2.75) is 6.54 Å². The van der Waals surface area contributed by atoms with Crippen LogP contribution in [0, 0.1) is 0 Å². The minimum Gasteiger partial charge on any atom is -0.361 e. The van der Waals surface area contributed by atoms with E-state index in [-0.39, 0.29) is 5.91 Å². The maximum atomic E-state index is 13.1. The molecule has 1 fully saturated rings. The second-order valence-electron chi connectivity index (χ2n) is 9.89. The van der Waals surface area contributed by atoms with Gasteiger partial charge >= 0.3 is 0 Å². The molecule has 4 aromatic heterocycles. The zero-order valence-corrected chi connectivity index (χ0v) is 22.7. The van der Waals surface area contributed by atoms with Crippen LogP contribution in [0.15, 0.2) is 71.7 Å². The van der Waals surface area contributed by atoms with Crippen LogP contribution in [0.1, 0.15) is 16.2 Å². The number of aromatic amines is 1. The number of imidazole rings is 2. The average molecular weight is 550 g/mol. The number of nitrogens with one attached hydrogen (secondary N) is 2. The summed E-state index contributed by atoms with van der Waals surface area (Å²) in [7, 11) is 2.08. The topological polar surface area (TPSA) is 108 Å². The van der Waals surface area contributed by atoms with Gasteiger partial charge in [-0.05, 0) is 42.8 Å². The van der Waals surface area contributed by atoms with Gasteiger partial charge in [-0.15, -0.1) is 0 Å². The number of amides is 1. The molecule has 200 valence electrons. The van der Waals surface area contributed by atoms with Gasteiger partial charge in [-0.3, -0.25) is 9.36 Å². The number of carbonyl (C=O) groups is 1. The van der Waals surface area contributed by atoms with E-state index in [1.54, 1.807) is 17.7 Å². The van der Waals surface area contributed by atoms with E-state index >= 15 is 0 Å². The number of aromatic nitrogens is 6. The maximum Gasteiger partial charge on any atom is 0.253 e. The third-order valence-corrected chi connectivity index (χ3v) is 7.89. The zero-order chi connectivity index (χ0) is 27.1. The highest BCUT2D eigenvalue weighted by Gasteiger charge is 2.21. The third kappa shape index (κ3) is 4.59. The first-order valence-electron chi connectivity index (χ1n) is 13.2. The van der Waals surface area contributed by atoms with E-state index in [4.69, 9.17) is 9.97 Å². The monoisotopic (exact) mass is 549 g/mol. The number of H-pyrrole nitrogens is 1. The normalized spacial score (nSPS) is 14.3. The lowest BCUT2D eigenvalue weighted by atomic mass is 10.1. The highest BCUT2D eigenvalue weighted by atomic mass is 32.1. The molecule has 0 radical (unpaired) electrons. The summed E-state index contributed by atoms with van der Waals surface area (Å²) < 4.78 is 1.97. The summed E-state index contributed by atoms with van der Waals surface area (Å²) in [6.45, 7) is 3.70. The molecule has 0 unspecified atom stereocenters. The van der Waals surface area contributed by atoms with Gasteiger partial charge < -0.3 is 20.1 Å². The molecular formula is C29H27N9OS. The molecule has 5 heterocycles. The smallest absolute Gasteiger partial charge is 0.253 e. The minimum atomic E-state index is 0.0553. The Labute approximate surface area is 234 Å². The Kier molecular flexibility index (Phi) is 6.21. The van der Waals surface area contributed by atoms with Crippen molar-refractivity contribution >= 4 is 45.3 Å². The number of nitrogens with zero attached hydrogens (tertiary/aromatic N) is 7. The van der Waals surface area contributed by atoms with Crippen LogP contribution in [0.4, 0.5) is 5.82 Å². The van der Waals surface area contributed by atoms with Crippen LogP contribution >= 0.6 is 11.3 Å². The second-order valence-corrected chi connectivity index (χ2v) is 10.7. The molecule has 2 N–H and O–H groups in total. The molecular weight excluding hydrogens is 522 g/mol. The number of benzene rings is 2. The summed E-state index contributed by atoms with van der Waals surface area (Å²) in [5, 5.41) is 7.51.